The Bertz CT molecular complexity index is 367. The summed E-state index contributed by atoms with van der Waals surface area (Å²) in [6, 6.07) is 4.65. The molecule has 0 spiro atoms. The van der Waals surface area contributed by atoms with Crippen molar-refractivity contribution in [3.8, 4) is 11.5 Å². The fourth-order valence-electron chi connectivity index (χ4n) is 1.35. The Morgan fingerprint density at radius 3 is 2.31 bits per heavy atom. The Kier molecular flexibility index (Phi) is 3.70. The van der Waals surface area contributed by atoms with Gasteiger partial charge in [-0.2, -0.15) is 0 Å². The van der Waals surface area contributed by atoms with Gasteiger partial charge in [-0.1, -0.05) is 0 Å². The molecule has 0 aliphatic carbocycles. The maximum atomic E-state index is 12.8. The van der Waals surface area contributed by atoms with E-state index in [0.29, 0.717) is 11.5 Å². The molecule has 1 aromatic carbocycles. The lowest BCUT2D eigenvalue weighted by Crippen LogP contribution is -2.40. The van der Waals surface area contributed by atoms with E-state index in [4.69, 9.17) is 15.2 Å². The van der Waals surface area contributed by atoms with Crippen molar-refractivity contribution < 1.29 is 18.3 Å². The average molecular weight is 231 g/mol. The predicted octanol–water partition coefficient (Wildman–Crippen LogP) is 2.14. The summed E-state index contributed by atoms with van der Waals surface area (Å²) in [6.07, 6.45) is -2.69. The van der Waals surface area contributed by atoms with Crippen LogP contribution in [0.15, 0.2) is 18.2 Å². The summed E-state index contributed by atoms with van der Waals surface area (Å²) in [6.45, 7) is 1.26. The van der Waals surface area contributed by atoms with Crippen LogP contribution in [-0.2, 0) is 5.54 Å². The molecule has 0 amide bonds. The summed E-state index contributed by atoms with van der Waals surface area (Å²) in [5.41, 5.74) is 4.06. The minimum absolute atomic E-state index is 0.226. The number of nitrogens with two attached hydrogens (primary N) is 1. The molecule has 1 aromatic rings. The van der Waals surface area contributed by atoms with E-state index in [1.165, 1.54) is 27.2 Å². The third-order valence-electron chi connectivity index (χ3n) is 2.44. The van der Waals surface area contributed by atoms with Gasteiger partial charge in [0.15, 0.2) is 0 Å². The molecule has 0 heterocycles. The maximum absolute atomic E-state index is 12.8. The van der Waals surface area contributed by atoms with Crippen LogP contribution in [0.3, 0.4) is 0 Å². The Hall–Kier alpha value is -1.36. The van der Waals surface area contributed by atoms with Crippen molar-refractivity contribution in [1.82, 2.24) is 0 Å². The van der Waals surface area contributed by atoms with E-state index in [0.717, 1.165) is 0 Å². The van der Waals surface area contributed by atoms with E-state index in [1.807, 2.05) is 0 Å². The van der Waals surface area contributed by atoms with Gasteiger partial charge in [-0.05, 0) is 25.1 Å². The number of benzene rings is 1. The SMILES string of the molecule is COc1ccc(OC)c(C(C)(N)C(F)F)c1. The third kappa shape index (κ3) is 2.24. The van der Waals surface area contributed by atoms with Gasteiger partial charge in [-0.15, -0.1) is 0 Å². The highest BCUT2D eigenvalue weighted by Gasteiger charge is 2.35. The van der Waals surface area contributed by atoms with Crippen LogP contribution in [0.4, 0.5) is 8.78 Å². The van der Waals surface area contributed by atoms with Gasteiger partial charge in [0.05, 0.1) is 14.2 Å². The molecule has 1 atom stereocenters. The first-order valence-corrected chi connectivity index (χ1v) is 4.73. The first kappa shape index (κ1) is 12.7. The molecule has 0 fully saturated rings. The second-order valence-corrected chi connectivity index (χ2v) is 3.65. The molecule has 0 aromatic heterocycles. The smallest absolute Gasteiger partial charge is 0.260 e. The van der Waals surface area contributed by atoms with Gasteiger partial charge in [-0.25, -0.2) is 8.78 Å². The standard InChI is InChI=1S/C11H15F2NO2/c1-11(14,10(12)13)8-6-7(15-2)4-5-9(8)16-3/h4-6,10H,14H2,1-3H3. The fraction of sp³-hybridized carbons (Fsp3) is 0.455. The molecule has 0 aliphatic rings. The number of hydrogen-bond donors (Lipinski definition) is 1. The van der Waals surface area contributed by atoms with Crippen LogP contribution in [0.1, 0.15) is 12.5 Å². The molecule has 3 nitrogen and oxygen atoms in total. The lowest BCUT2D eigenvalue weighted by molar-refractivity contribution is 0.0609. The zero-order valence-electron chi connectivity index (χ0n) is 9.46. The minimum atomic E-state index is -2.69. The van der Waals surface area contributed by atoms with Crippen LogP contribution in [0.5, 0.6) is 11.5 Å². The first-order chi connectivity index (χ1) is 7.43. The monoisotopic (exact) mass is 231 g/mol. The highest BCUT2D eigenvalue weighted by molar-refractivity contribution is 5.44. The van der Waals surface area contributed by atoms with Crippen LogP contribution in [0.2, 0.25) is 0 Å². The zero-order chi connectivity index (χ0) is 12.3. The molecular weight excluding hydrogens is 216 g/mol. The van der Waals surface area contributed by atoms with E-state index in [1.54, 1.807) is 12.1 Å². The van der Waals surface area contributed by atoms with Gasteiger partial charge >= 0.3 is 0 Å². The number of methoxy groups -OCH3 is 2. The quantitative estimate of drug-likeness (QED) is 0.863. The molecule has 0 aliphatic heterocycles. The molecule has 0 saturated carbocycles. The number of rotatable bonds is 4. The number of ether oxygens (including phenoxy) is 2. The molecule has 1 rings (SSSR count). The third-order valence-corrected chi connectivity index (χ3v) is 2.44. The molecular formula is C11H15F2NO2. The van der Waals surface area contributed by atoms with Gasteiger partial charge in [-0.3, -0.25) is 0 Å². The van der Waals surface area contributed by atoms with Gasteiger partial charge < -0.3 is 15.2 Å². The molecule has 0 bridgehead atoms. The largest absolute Gasteiger partial charge is 0.497 e. The average Bonchev–Trinajstić information content (AvgIpc) is 2.27. The van der Waals surface area contributed by atoms with E-state index >= 15 is 0 Å². The van der Waals surface area contributed by atoms with E-state index in [-0.39, 0.29) is 5.56 Å². The summed E-state index contributed by atoms with van der Waals surface area (Å²) in [7, 11) is 2.87. The second kappa shape index (κ2) is 4.65. The summed E-state index contributed by atoms with van der Waals surface area (Å²) >= 11 is 0. The van der Waals surface area contributed by atoms with Gasteiger partial charge in [0.25, 0.3) is 6.43 Å². The molecule has 1 unspecified atom stereocenters. The Labute approximate surface area is 93.2 Å². The molecule has 90 valence electrons. The van der Waals surface area contributed by atoms with Crippen molar-refractivity contribution in [2.24, 2.45) is 5.73 Å². The minimum Gasteiger partial charge on any atom is -0.497 e. The normalized spacial score (nSPS) is 14.7. The summed E-state index contributed by atoms with van der Waals surface area (Å²) in [4.78, 5) is 0. The van der Waals surface area contributed by atoms with E-state index in [2.05, 4.69) is 0 Å². The van der Waals surface area contributed by atoms with Crippen molar-refractivity contribution in [2.45, 2.75) is 18.9 Å². The van der Waals surface area contributed by atoms with E-state index < -0.39 is 12.0 Å². The predicted molar refractivity (Wildman–Crippen MR) is 57.1 cm³/mol. The van der Waals surface area contributed by atoms with Gasteiger partial charge in [0.1, 0.15) is 17.0 Å². The Morgan fingerprint density at radius 2 is 1.88 bits per heavy atom. The molecule has 0 saturated heterocycles. The number of hydrogen-bond acceptors (Lipinski definition) is 3. The highest BCUT2D eigenvalue weighted by atomic mass is 19.3. The number of alkyl halides is 2. The summed E-state index contributed by atoms with van der Waals surface area (Å²) < 4.78 is 35.6. The molecule has 16 heavy (non-hydrogen) atoms. The molecule has 2 N–H and O–H groups in total. The van der Waals surface area contributed by atoms with Crippen molar-refractivity contribution in [2.75, 3.05) is 14.2 Å². The topological polar surface area (TPSA) is 44.5 Å². The Balaban J connectivity index is 3.28. The fourth-order valence-corrected chi connectivity index (χ4v) is 1.35. The summed E-state index contributed by atoms with van der Waals surface area (Å²) in [5, 5.41) is 0. The van der Waals surface area contributed by atoms with Crippen molar-refractivity contribution in [3.63, 3.8) is 0 Å². The van der Waals surface area contributed by atoms with Crippen LogP contribution < -0.4 is 15.2 Å². The molecule has 0 radical (unpaired) electrons. The lowest BCUT2D eigenvalue weighted by Gasteiger charge is -2.26. The van der Waals surface area contributed by atoms with Crippen molar-refractivity contribution in [1.29, 1.82) is 0 Å². The van der Waals surface area contributed by atoms with Crippen molar-refractivity contribution >= 4 is 0 Å². The Morgan fingerprint density at radius 1 is 1.25 bits per heavy atom. The van der Waals surface area contributed by atoms with Crippen molar-refractivity contribution in [3.05, 3.63) is 23.8 Å². The summed E-state index contributed by atoms with van der Waals surface area (Å²) in [5.74, 6) is 0.791. The first-order valence-electron chi connectivity index (χ1n) is 4.73. The lowest BCUT2D eigenvalue weighted by atomic mass is 9.92. The van der Waals surface area contributed by atoms with Crippen LogP contribution in [0, 0.1) is 0 Å². The van der Waals surface area contributed by atoms with Crippen LogP contribution >= 0.6 is 0 Å². The van der Waals surface area contributed by atoms with Gasteiger partial charge in [0.2, 0.25) is 0 Å². The second-order valence-electron chi connectivity index (χ2n) is 3.65. The molecule has 5 heteroatoms. The zero-order valence-corrected chi connectivity index (χ0v) is 9.46. The van der Waals surface area contributed by atoms with Crippen LogP contribution in [0.25, 0.3) is 0 Å². The highest BCUT2D eigenvalue weighted by Crippen LogP contribution is 2.35. The number of halogens is 2. The van der Waals surface area contributed by atoms with Crippen LogP contribution in [-0.4, -0.2) is 20.6 Å². The maximum Gasteiger partial charge on any atom is 0.260 e. The van der Waals surface area contributed by atoms with E-state index in [9.17, 15) is 8.78 Å². The van der Waals surface area contributed by atoms with Gasteiger partial charge in [0, 0.05) is 5.56 Å².